The molecule has 0 spiro atoms. The number of nitrogens with zero attached hydrogens (tertiary/aromatic N) is 1. The van der Waals surface area contributed by atoms with Crippen molar-refractivity contribution < 1.29 is 14.6 Å². The summed E-state index contributed by atoms with van der Waals surface area (Å²) >= 11 is 0. The Morgan fingerprint density at radius 1 is 1.47 bits per heavy atom. The van der Waals surface area contributed by atoms with Crippen LogP contribution in [0.25, 0.3) is 0 Å². The maximum absolute atomic E-state index is 10.7. The highest BCUT2D eigenvalue weighted by Gasteiger charge is 2.20. The van der Waals surface area contributed by atoms with E-state index >= 15 is 0 Å². The lowest BCUT2D eigenvalue weighted by Gasteiger charge is -2.22. The van der Waals surface area contributed by atoms with Crippen molar-refractivity contribution in [1.29, 1.82) is 0 Å². The van der Waals surface area contributed by atoms with Gasteiger partial charge in [-0.05, 0) is 31.2 Å². The van der Waals surface area contributed by atoms with E-state index in [9.17, 15) is 4.79 Å². The van der Waals surface area contributed by atoms with Crippen LogP contribution in [0.4, 0.5) is 0 Å². The quantitative estimate of drug-likeness (QED) is 0.861. The lowest BCUT2D eigenvalue weighted by atomic mass is 10.1. The first-order chi connectivity index (χ1) is 8.16. The highest BCUT2D eigenvalue weighted by atomic mass is 16.5. The molecule has 1 aromatic rings. The highest BCUT2D eigenvalue weighted by Crippen LogP contribution is 2.14. The predicted octanol–water partition coefficient (Wildman–Crippen LogP) is 1.61. The second-order valence-electron chi connectivity index (χ2n) is 4.43. The van der Waals surface area contributed by atoms with Crippen LogP contribution in [0.15, 0.2) is 24.3 Å². The lowest BCUT2D eigenvalue weighted by molar-refractivity contribution is 0.0697. The number of ether oxygens (including phenoxy) is 1. The Bertz CT molecular complexity index is 382. The summed E-state index contributed by atoms with van der Waals surface area (Å²) in [5.74, 6) is -0.880. The van der Waals surface area contributed by atoms with Crippen molar-refractivity contribution in [2.75, 3.05) is 20.3 Å². The third-order valence-corrected chi connectivity index (χ3v) is 3.16. The molecule has 0 bridgehead atoms. The van der Waals surface area contributed by atoms with Crippen molar-refractivity contribution in [1.82, 2.24) is 4.90 Å². The van der Waals surface area contributed by atoms with E-state index < -0.39 is 5.97 Å². The summed E-state index contributed by atoms with van der Waals surface area (Å²) in [6.07, 6.45) is 1.07. The molecule has 1 N–H and O–H groups in total. The molecule has 1 atom stereocenters. The molecule has 0 saturated carbocycles. The Hall–Kier alpha value is -1.39. The van der Waals surface area contributed by atoms with E-state index in [0.717, 1.165) is 31.7 Å². The van der Waals surface area contributed by atoms with Crippen molar-refractivity contribution in [3.63, 3.8) is 0 Å². The first-order valence-corrected chi connectivity index (χ1v) is 5.77. The van der Waals surface area contributed by atoms with E-state index in [4.69, 9.17) is 9.84 Å². The summed E-state index contributed by atoms with van der Waals surface area (Å²) < 4.78 is 5.35. The molecular weight excluding hydrogens is 218 g/mol. The summed E-state index contributed by atoms with van der Waals surface area (Å²) in [6, 6.07) is 7.52. The molecule has 17 heavy (non-hydrogen) atoms. The summed E-state index contributed by atoms with van der Waals surface area (Å²) in [6.45, 7) is 2.46. The van der Waals surface area contributed by atoms with Crippen molar-refractivity contribution >= 4 is 5.97 Å². The molecule has 1 aliphatic heterocycles. The monoisotopic (exact) mass is 235 g/mol. The molecule has 4 heteroatoms. The maximum atomic E-state index is 10.7. The van der Waals surface area contributed by atoms with Crippen LogP contribution in [0.1, 0.15) is 22.3 Å². The fraction of sp³-hybridized carbons (Fsp3) is 0.462. The third kappa shape index (κ3) is 3.05. The minimum Gasteiger partial charge on any atom is -0.478 e. The SMILES string of the molecule is CN(Cc1ccc(C(=O)O)cc1)C1CCOC1. The van der Waals surface area contributed by atoms with Gasteiger partial charge in [0.1, 0.15) is 0 Å². The standard InChI is InChI=1S/C13H17NO3/c1-14(12-6-7-17-9-12)8-10-2-4-11(5-3-10)13(15)16/h2-5,12H,6-9H2,1H3,(H,15,16). The molecule has 0 radical (unpaired) electrons. The van der Waals surface area contributed by atoms with Gasteiger partial charge in [-0.2, -0.15) is 0 Å². The predicted molar refractivity (Wildman–Crippen MR) is 64.1 cm³/mol. The van der Waals surface area contributed by atoms with Gasteiger partial charge in [-0.25, -0.2) is 4.79 Å². The topological polar surface area (TPSA) is 49.8 Å². The van der Waals surface area contributed by atoms with Gasteiger partial charge in [0.2, 0.25) is 0 Å². The minimum absolute atomic E-state index is 0.334. The molecule has 0 amide bonds. The molecule has 4 nitrogen and oxygen atoms in total. The second-order valence-corrected chi connectivity index (χ2v) is 4.43. The number of likely N-dealkylation sites (N-methyl/N-ethyl adjacent to an activating group) is 1. The van der Waals surface area contributed by atoms with Gasteiger partial charge in [-0.15, -0.1) is 0 Å². The molecule has 0 aromatic heterocycles. The van der Waals surface area contributed by atoms with Crippen LogP contribution in [0.3, 0.4) is 0 Å². The number of carbonyl (C=O) groups is 1. The number of benzene rings is 1. The van der Waals surface area contributed by atoms with Gasteiger partial charge in [0, 0.05) is 19.2 Å². The summed E-state index contributed by atoms with van der Waals surface area (Å²) in [4.78, 5) is 13.0. The zero-order valence-corrected chi connectivity index (χ0v) is 9.93. The van der Waals surface area contributed by atoms with Gasteiger partial charge >= 0.3 is 5.97 Å². The molecule has 1 heterocycles. The minimum atomic E-state index is -0.880. The van der Waals surface area contributed by atoms with Gasteiger partial charge < -0.3 is 9.84 Å². The zero-order chi connectivity index (χ0) is 12.3. The highest BCUT2D eigenvalue weighted by molar-refractivity contribution is 5.87. The average molecular weight is 235 g/mol. The number of rotatable bonds is 4. The van der Waals surface area contributed by atoms with Crippen LogP contribution in [0, 0.1) is 0 Å². The Morgan fingerprint density at radius 2 is 2.18 bits per heavy atom. The van der Waals surface area contributed by atoms with Crippen LogP contribution in [-0.2, 0) is 11.3 Å². The molecule has 92 valence electrons. The number of hydrogen-bond acceptors (Lipinski definition) is 3. The van der Waals surface area contributed by atoms with E-state index in [1.54, 1.807) is 12.1 Å². The van der Waals surface area contributed by atoms with Crippen molar-refractivity contribution in [2.24, 2.45) is 0 Å². The number of hydrogen-bond donors (Lipinski definition) is 1. The zero-order valence-electron chi connectivity index (χ0n) is 9.93. The van der Waals surface area contributed by atoms with E-state index in [0.29, 0.717) is 11.6 Å². The number of carboxylic acids is 1. The molecule has 1 saturated heterocycles. The molecule has 1 fully saturated rings. The lowest BCUT2D eigenvalue weighted by Crippen LogP contribution is -2.31. The number of aromatic carboxylic acids is 1. The van der Waals surface area contributed by atoms with Crippen LogP contribution < -0.4 is 0 Å². The Balaban J connectivity index is 1.96. The fourth-order valence-electron chi connectivity index (χ4n) is 2.04. The number of carboxylic acid groups (broad SMARTS) is 1. The summed E-state index contributed by atoms with van der Waals surface area (Å²) in [5.41, 5.74) is 1.46. The smallest absolute Gasteiger partial charge is 0.335 e. The van der Waals surface area contributed by atoms with Gasteiger partial charge in [-0.3, -0.25) is 4.90 Å². The molecule has 1 aromatic carbocycles. The van der Waals surface area contributed by atoms with Gasteiger partial charge in [0.15, 0.2) is 0 Å². The molecular formula is C13H17NO3. The van der Waals surface area contributed by atoms with Crippen LogP contribution in [0.5, 0.6) is 0 Å². The van der Waals surface area contributed by atoms with Crippen LogP contribution in [-0.4, -0.2) is 42.3 Å². The Morgan fingerprint density at radius 3 is 2.71 bits per heavy atom. The van der Waals surface area contributed by atoms with Crippen molar-refractivity contribution in [2.45, 2.75) is 19.0 Å². The first-order valence-electron chi connectivity index (χ1n) is 5.77. The largest absolute Gasteiger partial charge is 0.478 e. The van der Waals surface area contributed by atoms with Gasteiger partial charge in [-0.1, -0.05) is 12.1 Å². The second kappa shape index (κ2) is 5.29. The van der Waals surface area contributed by atoms with Crippen LogP contribution >= 0.6 is 0 Å². The average Bonchev–Trinajstić information content (AvgIpc) is 2.83. The van der Waals surface area contributed by atoms with E-state index in [-0.39, 0.29) is 0 Å². The maximum Gasteiger partial charge on any atom is 0.335 e. The molecule has 0 aliphatic carbocycles. The molecule has 2 rings (SSSR count). The summed E-state index contributed by atoms with van der Waals surface area (Å²) in [7, 11) is 2.07. The Labute approximate surface area is 101 Å². The van der Waals surface area contributed by atoms with E-state index in [1.165, 1.54) is 0 Å². The van der Waals surface area contributed by atoms with Crippen molar-refractivity contribution in [3.05, 3.63) is 35.4 Å². The van der Waals surface area contributed by atoms with Crippen molar-refractivity contribution in [3.8, 4) is 0 Å². The fourth-order valence-corrected chi connectivity index (χ4v) is 2.04. The normalized spacial score (nSPS) is 19.8. The van der Waals surface area contributed by atoms with E-state index in [2.05, 4.69) is 11.9 Å². The molecule has 1 aliphatic rings. The van der Waals surface area contributed by atoms with Gasteiger partial charge in [0.05, 0.1) is 12.2 Å². The first kappa shape index (κ1) is 12.1. The van der Waals surface area contributed by atoms with Crippen LogP contribution in [0.2, 0.25) is 0 Å². The third-order valence-electron chi connectivity index (χ3n) is 3.16. The van der Waals surface area contributed by atoms with E-state index in [1.807, 2.05) is 12.1 Å². The molecule has 1 unspecified atom stereocenters. The summed E-state index contributed by atoms with van der Waals surface area (Å²) in [5, 5.41) is 8.80. The Kier molecular flexibility index (Phi) is 3.76. The van der Waals surface area contributed by atoms with Gasteiger partial charge in [0.25, 0.3) is 0 Å².